The molecule has 0 aromatic carbocycles. The minimum Gasteiger partial charge on any atom is -0.374 e. The van der Waals surface area contributed by atoms with Crippen molar-refractivity contribution in [1.29, 1.82) is 0 Å². The van der Waals surface area contributed by atoms with E-state index in [1.54, 1.807) is 0 Å². The molecular formula is C26H43N3O3. The van der Waals surface area contributed by atoms with Crippen molar-refractivity contribution in [3.63, 3.8) is 0 Å². The molecule has 2 heterocycles. The molecule has 1 aromatic heterocycles. The maximum Gasteiger partial charge on any atom is 0.163 e. The lowest BCUT2D eigenvalue weighted by molar-refractivity contribution is -0.247. The average Bonchev–Trinajstić information content (AvgIpc) is 3.19. The lowest BCUT2D eigenvalue weighted by Crippen LogP contribution is -2.64. The molecule has 5 fully saturated rings. The Morgan fingerprint density at radius 2 is 1.81 bits per heavy atom. The number of nitrogens with zero attached hydrogens (tertiary/aromatic N) is 2. The molecule has 6 rings (SSSR count). The number of aryl methyl sites for hydroxylation is 1. The van der Waals surface area contributed by atoms with Gasteiger partial charge in [-0.25, -0.2) is 0 Å². The highest BCUT2D eigenvalue weighted by atomic mass is 16.7. The van der Waals surface area contributed by atoms with Crippen molar-refractivity contribution < 1.29 is 14.2 Å². The van der Waals surface area contributed by atoms with Crippen molar-refractivity contribution in [1.82, 2.24) is 15.1 Å². The van der Waals surface area contributed by atoms with E-state index in [2.05, 4.69) is 41.9 Å². The highest BCUT2D eigenvalue weighted by Crippen LogP contribution is 2.72. The van der Waals surface area contributed by atoms with Gasteiger partial charge in [-0.1, -0.05) is 13.8 Å². The molecule has 4 saturated carbocycles. The van der Waals surface area contributed by atoms with Gasteiger partial charge < -0.3 is 19.5 Å². The number of hydrogen-bond donors (Lipinski definition) is 1. The molecule has 32 heavy (non-hydrogen) atoms. The summed E-state index contributed by atoms with van der Waals surface area (Å²) in [5.74, 6) is -0.427. The topological polar surface area (TPSA) is 57.5 Å². The van der Waals surface area contributed by atoms with Crippen LogP contribution in [0.1, 0.15) is 78.3 Å². The van der Waals surface area contributed by atoms with E-state index < -0.39 is 5.79 Å². The Morgan fingerprint density at radius 1 is 1.06 bits per heavy atom. The summed E-state index contributed by atoms with van der Waals surface area (Å²) in [5, 5.41) is 8.21. The van der Waals surface area contributed by atoms with E-state index in [0.29, 0.717) is 22.9 Å². The van der Waals surface area contributed by atoms with Crippen molar-refractivity contribution in [2.45, 2.75) is 104 Å². The van der Waals surface area contributed by atoms with Crippen LogP contribution in [0.15, 0.2) is 12.3 Å². The molecule has 6 heteroatoms. The number of ether oxygens (including phenoxy) is 3. The second-order valence-electron chi connectivity index (χ2n) is 12.8. The van der Waals surface area contributed by atoms with Crippen molar-refractivity contribution in [3.8, 4) is 0 Å². The Hall–Kier alpha value is -0.950. The third-order valence-electron chi connectivity index (χ3n) is 8.46. The average molecular weight is 446 g/mol. The van der Waals surface area contributed by atoms with Crippen LogP contribution in [0.2, 0.25) is 0 Å². The summed E-state index contributed by atoms with van der Waals surface area (Å²) in [6.45, 7) is 15.6. The highest BCUT2D eigenvalue weighted by Gasteiger charge is 2.66. The highest BCUT2D eigenvalue weighted by molar-refractivity contribution is 5.17. The second kappa shape index (κ2) is 7.79. The Morgan fingerprint density at radius 3 is 2.44 bits per heavy atom. The minimum absolute atomic E-state index is 0.0351. The first-order chi connectivity index (χ1) is 15.0. The number of aromatic nitrogens is 2. The molecule has 5 aliphatic rings. The van der Waals surface area contributed by atoms with Crippen LogP contribution in [0.3, 0.4) is 0 Å². The van der Waals surface area contributed by atoms with Crippen molar-refractivity contribution in [3.05, 3.63) is 18.0 Å². The first kappa shape index (κ1) is 22.8. The summed E-state index contributed by atoms with van der Waals surface area (Å²) in [5.41, 5.74) is 2.41. The van der Waals surface area contributed by atoms with Gasteiger partial charge in [0.2, 0.25) is 0 Å². The van der Waals surface area contributed by atoms with E-state index in [0.717, 1.165) is 32.7 Å². The van der Waals surface area contributed by atoms with Gasteiger partial charge in [-0.15, -0.1) is 0 Å². The smallest absolute Gasteiger partial charge is 0.163 e. The normalized spacial score (nSPS) is 42.1. The molecule has 2 unspecified atom stereocenters. The molecule has 0 radical (unpaired) electrons. The second-order valence-corrected chi connectivity index (χ2v) is 12.8. The summed E-state index contributed by atoms with van der Waals surface area (Å²) >= 11 is 0. The van der Waals surface area contributed by atoms with Gasteiger partial charge in [-0.2, -0.15) is 5.10 Å². The Balaban J connectivity index is 1.17. The zero-order chi connectivity index (χ0) is 22.7. The molecule has 1 aliphatic heterocycles. The SMILES string of the molecule is Cc1ccnn1CC12CC3(C)CC(C)(C1)CC(OCCNCC[C@H]1COC(C)(C)O1)(C3)C2. The van der Waals surface area contributed by atoms with Crippen molar-refractivity contribution in [2.75, 3.05) is 26.3 Å². The van der Waals surface area contributed by atoms with Gasteiger partial charge in [0.25, 0.3) is 0 Å². The van der Waals surface area contributed by atoms with Gasteiger partial charge in [0, 0.05) is 25.0 Å². The van der Waals surface area contributed by atoms with Gasteiger partial charge in [0.1, 0.15) is 0 Å². The van der Waals surface area contributed by atoms with E-state index in [9.17, 15) is 0 Å². The van der Waals surface area contributed by atoms with E-state index in [1.165, 1.54) is 44.2 Å². The fraction of sp³-hybridized carbons (Fsp3) is 0.885. The number of hydrogen-bond acceptors (Lipinski definition) is 5. The summed E-state index contributed by atoms with van der Waals surface area (Å²) < 4.78 is 20.6. The van der Waals surface area contributed by atoms with E-state index in [4.69, 9.17) is 14.2 Å². The van der Waals surface area contributed by atoms with Crippen LogP contribution in [0, 0.1) is 23.2 Å². The molecule has 0 spiro atoms. The lowest BCUT2D eigenvalue weighted by Gasteiger charge is -2.69. The Kier molecular flexibility index (Phi) is 5.56. The van der Waals surface area contributed by atoms with Crippen LogP contribution in [0.5, 0.6) is 0 Å². The Labute approximate surface area is 193 Å². The molecule has 1 N–H and O–H groups in total. The van der Waals surface area contributed by atoms with Crippen LogP contribution >= 0.6 is 0 Å². The molecule has 4 bridgehead atoms. The zero-order valence-corrected chi connectivity index (χ0v) is 20.8. The largest absolute Gasteiger partial charge is 0.374 e. The predicted molar refractivity (Wildman–Crippen MR) is 124 cm³/mol. The first-order valence-electron chi connectivity index (χ1n) is 12.7. The van der Waals surface area contributed by atoms with E-state index >= 15 is 0 Å². The molecule has 1 aromatic rings. The standard InChI is InChI=1S/C26H43N3O3/c1-20-6-9-28-29(20)19-25-14-23(4)13-24(5,15-25)17-26(16-23,18-25)30-11-10-27-8-7-21-12-31-22(2,3)32-21/h6,9,21,27H,7-8,10-19H2,1-5H3/t21-,23?,24?,25?,26?/m0/s1. The molecule has 6 nitrogen and oxygen atoms in total. The maximum absolute atomic E-state index is 6.80. The third-order valence-corrected chi connectivity index (χ3v) is 8.46. The van der Waals surface area contributed by atoms with Gasteiger partial charge in [-0.05, 0) is 94.6 Å². The minimum atomic E-state index is -0.427. The molecule has 1 saturated heterocycles. The summed E-state index contributed by atoms with van der Waals surface area (Å²) in [6.07, 6.45) is 10.7. The maximum atomic E-state index is 6.80. The van der Waals surface area contributed by atoms with Crippen molar-refractivity contribution >= 4 is 0 Å². The quantitative estimate of drug-likeness (QED) is 0.569. The predicted octanol–water partition coefficient (Wildman–Crippen LogP) is 4.46. The Bertz CT molecular complexity index is 816. The molecule has 4 aliphatic carbocycles. The summed E-state index contributed by atoms with van der Waals surface area (Å²) in [7, 11) is 0. The third kappa shape index (κ3) is 4.53. The van der Waals surface area contributed by atoms with Gasteiger partial charge in [0.05, 0.1) is 24.9 Å². The molecule has 0 amide bonds. The summed E-state index contributed by atoms with van der Waals surface area (Å²) in [4.78, 5) is 0. The number of rotatable bonds is 9. The van der Waals surface area contributed by atoms with Crippen LogP contribution in [-0.2, 0) is 20.8 Å². The van der Waals surface area contributed by atoms with E-state index in [-0.39, 0.29) is 11.7 Å². The lowest BCUT2D eigenvalue weighted by atomic mass is 9.39. The molecule has 180 valence electrons. The van der Waals surface area contributed by atoms with Gasteiger partial charge >= 0.3 is 0 Å². The fourth-order valence-electron chi connectivity index (χ4n) is 8.67. The first-order valence-corrected chi connectivity index (χ1v) is 12.7. The molecular weight excluding hydrogens is 402 g/mol. The summed E-state index contributed by atoms with van der Waals surface area (Å²) in [6, 6.07) is 2.13. The molecule has 3 atom stereocenters. The van der Waals surface area contributed by atoms with Crippen LogP contribution < -0.4 is 5.32 Å². The number of nitrogens with one attached hydrogen (secondary N) is 1. The van der Waals surface area contributed by atoms with Crippen LogP contribution in [0.4, 0.5) is 0 Å². The van der Waals surface area contributed by atoms with E-state index in [1.807, 2.05) is 20.0 Å². The monoisotopic (exact) mass is 445 g/mol. The van der Waals surface area contributed by atoms with Gasteiger partial charge in [0.15, 0.2) is 5.79 Å². The van der Waals surface area contributed by atoms with Crippen LogP contribution in [0.25, 0.3) is 0 Å². The zero-order valence-electron chi connectivity index (χ0n) is 20.8. The van der Waals surface area contributed by atoms with Gasteiger partial charge in [-0.3, -0.25) is 4.68 Å². The van der Waals surface area contributed by atoms with Crippen LogP contribution in [-0.4, -0.2) is 53.6 Å². The fourth-order valence-corrected chi connectivity index (χ4v) is 8.67. The van der Waals surface area contributed by atoms with Crippen molar-refractivity contribution in [2.24, 2.45) is 16.2 Å².